The number of anilines is 2. The van der Waals surface area contributed by atoms with Crippen LogP contribution in [0.3, 0.4) is 0 Å². The lowest BCUT2D eigenvalue weighted by atomic mass is 10.2. The molecule has 0 saturated carbocycles. The Balaban J connectivity index is 1.84. The highest BCUT2D eigenvalue weighted by Crippen LogP contribution is 2.13. The van der Waals surface area contributed by atoms with E-state index in [0.29, 0.717) is 23.8 Å². The lowest BCUT2D eigenvalue weighted by Crippen LogP contribution is -2.29. The Hall–Kier alpha value is -2.29. The van der Waals surface area contributed by atoms with E-state index in [9.17, 15) is 4.79 Å². The number of hydrogen-bond donors (Lipinski definition) is 2. The molecule has 0 fully saturated rings. The van der Waals surface area contributed by atoms with Crippen molar-refractivity contribution in [3.63, 3.8) is 0 Å². The monoisotopic (exact) mass is 349 g/mol. The zero-order valence-corrected chi connectivity index (χ0v) is 15.3. The van der Waals surface area contributed by atoms with Gasteiger partial charge in [0, 0.05) is 33.3 Å². The molecular weight excluding hydrogens is 326 g/mol. The van der Waals surface area contributed by atoms with Crippen molar-refractivity contribution in [2.24, 2.45) is 0 Å². The number of carbonyl (C=O) groups is 1. The highest BCUT2D eigenvalue weighted by atomic mass is 32.1. The van der Waals surface area contributed by atoms with Crippen LogP contribution in [-0.4, -0.2) is 52.6 Å². The minimum absolute atomic E-state index is 0.122. The number of nitrogens with zero attached hydrogens (tertiary/aromatic N) is 5. The van der Waals surface area contributed by atoms with Gasteiger partial charge in [-0.1, -0.05) is 17.8 Å². The van der Waals surface area contributed by atoms with Gasteiger partial charge in [-0.05, 0) is 24.9 Å². The van der Waals surface area contributed by atoms with Crippen molar-refractivity contribution in [2.75, 3.05) is 37.4 Å². The number of hydrogen-bond acceptors (Lipinski definition) is 8. The van der Waals surface area contributed by atoms with Crippen LogP contribution in [0.4, 0.5) is 11.6 Å². The molecule has 1 amide bonds. The normalized spacial score (nSPS) is 10.5. The molecule has 0 aliphatic carbocycles. The van der Waals surface area contributed by atoms with Crippen molar-refractivity contribution in [2.45, 2.75) is 26.7 Å². The van der Waals surface area contributed by atoms with Crippen LogP contribution in [0.15, 0.2) is 6.07 Å². The lowest BCUT2D eigenvalue weighted by molar-refractivity contribution is 0.0958. The van der Waals surface area contributed by atoms with Crippen molar-refractivity contribution in [3.05, 3.63) is 22.5 Å². The first kappa shape index (κ1) is 18.1. The van der Waals surface area contributed by atoms with Gasteiger partial charge in [0.15, 0.2) is 0 Å². The third-order valence-corrected chi connectivity index (χ3v) is 4.01. The van der Waals surface area contributed by atoms with E-state index in [0.717, 1.165) is 41.7 Å². The molecule has 0 bridgehead atoms. The van der Waals surface area contributed by atoms with E-state index in [2.05, 4.69) is 37.1 Å². The highest BCUT2D eigenvalue weighted by molar-refractivity contribution is 7.08. The number of aromatic nitrogens is 4. The second-order valence-electron chi connectivity index (χ2n) is 5.53. The molecule has 0 unspecified atom stereocenters. The number of aryl methyl sites for hydroxylation is 2. The molecule has 0 aliphatic heterocycles. The topological polar surface area (TPSA) is 95.9 Å². The van der Waals surface area contributed by atoms with E-state index >= 15 is 0 Å². The molecule has 2 rings (SSSR count). The van der Waals surface area contributed by atoms with Gasteiger partial charge in [0.25, 0.3) is 5.91 Å². The summed E-state index contributed by atoms with van der Waals surface area (Å²) >= 11 is 1.14. The predicted molar refractivity (Wildman–Crippen MR) is 95.8 cm³/mol. The Bertz CT molecular complexity index is 686. The maximum absolute atomic E-state index is 12.2. The molecule has 0 aliphatic rings. The Morgan fingerprint density at radius 2 is 2.08 bits per heavy atom. The molecule has 2 N–H and O–H groups in total. The summed E-state index contributed by atoms with van der Waals surface area (Å²) in [5.74, 6) is 2.16. The SMILES string of the molecule is CCCc1nnsc1C(=O)NCCNc1cc(N(C)C)nc(C)n1. The van der Waals surface area contributed by atoms with Crippen molar-refractivity contribution in [3.8, 4) is 0 Å². The second kappa shape index (κ2) is 8.53. The Morgan fingerprint density at radius 1 is 1.29 bits per heavy atom. The van der Waals surface area contributed by atoms with Crippen LogP contribution >= 0.6 is 11.5 Å². The number of nitrogens with one attached hydrogen (secondary N) is 2. The molecule has 0 spiro atoms. The molecule has 2 aromatic rings. The quantitative estimate of drug-likeness (QED) is 0.697. The van der Waals surface area contributed by atoms with Crippen molar-refractivity contribution >= 4 is 29.1 Å². The molecule has 8 nitrogen and oxygen atoms in total. The van der Waals surface area contributed by atoms with Gasteiger partial charge in [-0.3, -0.25) is 4.79 Å². The molecule has 24 heavy (non-hydrogen) atoms. The van der Waals surface area contributed by atoms with Crippen LogP contribution in [0.1, 0.15) is 34.5 Å². The van der Waals surface area contributed by atoms with Crippen LogP contribution in [-0.2, 0) is 6.42 Å². The third kappa shape index (κ3) is 4.85. The Morgan fingerprint density at radius 3 is 2.79 bits per heavy atom. The summed E-state index contributed by atoms with van der Waals surface area (Å²) in [5, 5.41) is 10.1. The van der Waals surface area contributed by atoms with E-state index in [1.807, 2.05) is 32.0 Å². The number of amides is 1. The summed E-state index contributed by atoms with van der Waals surface area (Å²) in [6, 6.07) is 1.88. The van der Waals surface area contributed by atoms with Gasteiger partial charge in [0.1, 0.15) is 22.3 Å². The molecule has 0 aromatic carbocycles. The smallest absolute Gasteiger partial charge is 0.265 e. The summed E-state index contributed by atoms with van der Waals surface area (Å²) in [4.78, 5) is 23.4. The van der Waals surface area contributed by atoms with Gasteiger partial charge in [0.05, 0.1) is 5.69 Å². The molecule has 130 valence electrons. The fourth-order valence-electron chi connectivity index (χ4n) is 2.10. The summed E-state index contributed by atoms with van der Waals surface area (Å²) in [6.45, 7) is 4.97. The van der Waals surface area contributed by atoms with Crippen molar-refractivity contribution in [1.29, 1.82) is 0 Å². The van der Waals surface area contributed by atoms with Gasteiger partial charge >= 0.3 is 0 Å². The first-order valence-electron chi connectivity index (χ1n) is 7.87. The summed E-state index contributed by atoms with van der Waals surface area (Å²) in [6.07, 6.45) is 1.71. The molecule has 0 radical (unpaired) electrons. The van der Waals surface area contributed by atoms with E-state index in [1.165, 1.54) is 0 Å². The number of rotatable bonds is 8. The Kier molecular flexibility index (Phi) is 6.42. The summed E-state index contributed by atoms with van der Waals surface area (Å²) in [5.41, 5.74) is 0.773. The van der Waals surface area contributed by atoms with Crippen molar-refractivity contribution in [1.82, 2.24) is 24.9 Å². The molecule has 2 heterocycles. The van der Waals surface area contributed by atoms with Crippen LogP contribution in [0.2, 0.25) is 0 Å². The molecule has 2 aromatic heterocycles. The summed E-state index contributed by atoms with van der Waals surface area (Å²) < 4.78 is 3.87. The van der Waals surface area contributed by atoms with Crippen LogP contribution < -0.4 is 15.5 Å². The predicted octanol–water partition coefficient (Wildman–Crippen LogP) is 1.50. The van der Waals surface area contributed by atoms with E-state index in [4.69, 9.17) is 0 Å². The second-order valence-corrected chi connectivity index (χ2v) is 6.29. The van der Waals surface area contributed by atoms with E-state index in [-0.39, 0.29) is 5.91 Å². The fraction of sp³-hybridized carbons (Fsp3) is 0.533. The zero-order valence-electron chi connectivity index (χ0n) is 14.5. The minimum Gasteiger partial charge on any atom is -0.368 e. The summed E-state index contributed by atoms with van der Waals surface area (Å²) in [7, 11) is 3.87. The van der Waals surface area contributed by atoms with E-state index < -0.39 is 0 Å². The Labute approximate surface area is 145 Å². The highest BCUT2D eigenvalue weighted by Gasteiger charge is 2.14. The first-order chi connectivity index (χ1) is 11.5. The van der Waals surface area contributed by atoms with E-state index in [1.54, 1.807) is 0 Å². The largest absolute Gasteiger partial charge is 0.368 e. The third-order valence-electron chi connectivity index (χ3n) is 3.25. The average molecular weight is 349 g/mol. The average Bonchev–Trinajstić information content (AvgIpc) is 2.99. The van der Waals surface area contributed by atoms with Gasteiger partial charge in [0.2, 0.25) is 0 Å². The van der Waals surface area contributed by atoms with Gasteiger partial charge in [-0.2, -0.15) is 0 Å². The minimum atomic E-state index is -0.122. The van der Waals surface area contributed by atoms with Crippen LogP contribution in [0.5, 0.6) is 0 Å². The number of carbonyl (C=O) groups excluding carboxylic acids is 1. The maximum Gasteiger partial charge on any atom is 0.265 e. The molecule has 0 saturated heterocycles. The fourth-order valence-corrected chi connectivity index (χ4v) is 2.72. The molecule has 9 heteroatoms. The van der Waals surface area contributed by atoms with Gasteiger partial charge in [-0.15, -0.1) is 5.10 Å². The zero-order chi connectivity index (χ0) is 17.5. The molecule has 0 atom stereocenters. The van der Waals surface area contributed by atoms with Crippen molar-refractivity contribution < 1.29 is 4.79 Å². The molecular formula is C15H23N7OS. The van der Waals surface area contributed by atoms with Crippen LogP contribution in [0, 0.1) is 6.92 Å². The maximum atomic E-state index is 12.2. The standard InChI is InChI=1S/C15H23N7OS/c1-5-6-11-14(24-21-20-11)15(23)17-8-7-16-12-9-13(22(3)4)19-10(2)18-12/h9H,5-8H2,1-4H3,(H,17,23)(H,16,18,19). The van der Waals surface area contributed by atoms with Gasteiger partial charge in [-0.25, -0.2) is 9.97 Å². The van der Waals surface area contributed by atoms with Crippen LogP contribution in [0.25, 0.3) is 0 Å². The lowest BCUT2D eigenvalue weighted by Gasteiger charge is -2.14. The first-order valence-corrected chi connectivity index (χ1v) is 8.65. The van der Waals surface area contributed by atoms with Gasteiger partial charge < -0.3 is 15.5 Å².